The number of rotatable bonds is 4. The average molecular weight is 322 g/mol. The van der Waals surface area contributed by atoms with Crippen molar-refractivity contribution >= 4 is 33.3 Å². The number of hydrogen-bond acceptors (Lipinski definition) is 3. The molecule has 0 saturated carbocycles. The fraction of sp³-hybridized carbons (Fsp3) is 0.188. The summed E-state index contributed by atoms with van der Waals surface area (Å²) in [6.07, 6.45) is 3.70. The first-order valence-corrected chi connectivity index (χ1v) is 8.81. The molecular weight excluding hydrogens is 306 g/mol. The van der Waals surface area contributed by atoms with E-state index < -0.39 is 9.84 Å². The minimum atomic E-state index is -3.43. The van der Waals surface area contributed by atoms with Gasteiger partial charge in [0.15, 0.2) is 9.84 Å². The van der Waals surface area contributed by atoms with Crippen molar-refractivity contribution in [2.75, 3.05) is 6.26 Å². The number of aryl methyl sites for hydroxylation is 1. The van der Waals surface area contributed by atoms with Crippen LogP contribution in [0.5, 0.6) is 0 Å². The zero-order valence-corrected chi connectivity index (χ0v) is 13.4. The van der Waals surface area contributed by atoms with Crippen molar-refractivity contribution in [3.8, 4) is 0 Å². The van der Waals surface area contributed by atoms with Gasteiger partial charge in [0.2, 0.25) is 0 Å². The molecule has 0 unspecified atom stereocenters. The van der Waals surface area contributed by atoms with Crippen molar-refractivity contribution in [1.29, 1.82) is 0 Å². The lowest BCUT2D eigenvalue weighted by Crippen LogP contribution is -1.99. The number of aliphatic imine (C=N–C) groups is 1. The lowest BCUT2D eigenvalue weighted by molar-refractivity contribution is 0.602. The number of nitrogens with zero attached hydrogens (tertiary/aromatic N) is 1. The highest BCUT2D eigenvalue weighted by atomic mass is 35.5. The quantitative estimate of drug-likeness (QED) is 0.797. The summed E-state index contributed by atoms with van der Waals surface area (Å²) in [7, 11) is -3.43. The second-order valence-corrected chi connectivity index (χ2v) is 7.03. The number of sulfone groups is 1. The fourth-order valence-electron chi connectivity index (χ4n) is 2.09. The first-order chi connectivity index (χ1) is 9.93. The zero-order chi connectivity index (χ0) is 15.5. The first-order valence-electron chi connectivity index (χ1n) is 6.54. The third kappa shape index (κ3) is 3.71. The topological polar surface area (TPSA) is 46.5 Å². The zero-order valence-electron chi connectivity index (χ0n) is 11.9. The minimum Gasteiger partial charge on any atom is -0.255 e. The van der Waals surface area contributed by atoms with Crippen LogP contribution in [0.2, 0.25) is 5.02 Å². The Bertz CT molecular complexity index is 783. The third-order valence-corrected chi connectivity index (χ3v) is 4.69. The van der Waals surface area contributed by atoms with E-state index in [1.165, 1.54) is 0 Å². The highest BCUT2D eigenvalue weighted by molar-refractivity contribution is 7.91. The Kier molecular flexibility index (Phi) is 4.80. The van der Waals surface area contributed by atoms with E-state index in [0.717, 1.165) is 23.8 Å². The summed E-state index contributed by atoms with van der Waals surface area (Å²) >= 11 is 6.00. The van der Waals surface area contributed by atoms with E-state index in [4.69, 9.17) is 11.6 Å². The maximum absolute atomic E-state index is 11.9. The van der Waals surface area contributed by atoms with Gasteiger partial charge in [-0.3, -0.25) is 4.99 Å². The Balaban J connectivity index is 2.50. The van der Waals surface area contributed by atoms with Crippen LogP contribution in [-0.2, 0) is 16.3 Å². The molecule has 0 bridgehead atoms. The molecule has 21 heavy (non-hydrogen) atoms. The highest BCUT2D eigenvalue weighted by Gasteiger charge is 2.16. The van der Waals surface area contributed by atoms with E-state index in [-0.39, 0.29) is 9.92 Å². The van der Waals surface area contributed by atoms with Crippen molar-refractivity contribution in [2.24, 2.45) is 4.99 Å². The molecule has 0 aliphatic carbocycles. The molecule has 0 aromatic heterocycles. The third-order valence-electron chi connectivity index (χ3n) is 3.10. The second kappa shape index (κ2) is 6.41. The van der Waals surface area contributed by atoms with Gasteiger partial charge in [0.1, 0.15) is 4.90 Å². The largest absolute Gasteiger partial charge is 0.255 e. The van der Waals surface area contributed by atoms with Crippen LogP contribution in [0.3, 0.4) is 0 Å². The molecule has 5 heteroatoms. The van der Waals surface area contributed by atoms with Gasteiger partial charge in [-0.1, -0.05) is 48.9 Å². The summed E-state index contributed by atoms with van der Waals surface area (Å²) in [5.41, 5.74) is 2.49. The van der Waals surface area contributed by atoms with Crippen molar-refractivity contribution in [3.05, 3.63) is 58.6 Å². The van der Waals surface area contributed by atoms with Gasteiger partial charge in [0, 0.05) is 12.5 Å². The Hall–Kier alpha value is -1.65. The van der Waals surface area contributed by atoms with E-state index in [0.29, 0.717) is 5.69 Å². The molecule has 0 spiro atoms. The van der Waals surface area contributed by atoms with Crippen molar-refractivity contribution < 1.29 is 8.42 Å². The van der Waals surface area contributed by atoms with Crippen LogP contribution in [0.1, 0.15) is 18.1 Å². The van der Waals surface area contributed by atoms with E-state index >= 15 is 0 Å². The van der Waals surface area contributed by atoms with Crippen molar-refractivity contribution in [2.45, 2.75) is 18.2 Å². The summed E-state index contributed by atoms with van der Waals surface area (Å²) in [6, 6.07) is 12.8. The molecule has 0 saturated heterocycles. The smallest absolute Gasteiger partial charge is 0.179 e. The molecule has 0 heterocycles. The predicted octanol–water partition coefficient (Wildman–Crippen LogP) is 4.06. The maximum Gasteiger partial charge on any atom is 0.179 e. The van der Waals surface area contributed by atoms with Crippen LogP contribution in [0.25, 0.3) is 0 Å². The molecule has 3 nitrogen and oxygen atoms in total. The van der Waals surface area contributed by atoms with E-state index in [1.54, 1.807) is 24.4 Å². The molecule has 2 rings (SSSR count). The lowest BCUT2D eigenvalue weighted by Gasteiger charge is -2.06. The molecule has 0 N–H and O–H groups in total. The molecular formula is C16H16ClNO2S. The van der Waals surface area contributed by atoms with Gasteiger partial charge in [0.05, 0.1) is 10.7 Å². The molecule has 2 aromatic rings. The molecule has 0 atom stereocenters. The van der Waals surface area contributed by atoms with Crippen LogP contribution in [0.15, 0.2) is 52.4 Å². The number of benzene rings is 2. The monoisotopic (exact) mass is 321 g/mol. The standard InChI is InChI=1S/C16H16ClNO2S/c1-3-12-7-4-5-8-13(12)11-18-15-10-6-9-14(17)16(15)21(2,19)20/h4-11H,3H2,1-2H3. The minimum absolute atomic E-state index is 0.0666. The SMILES string of the molecule is CCc1ccccc1C=Nc1cccc(Cl)c1S(C)(=O)=O. The summed E-state index contributed by atoms with van der Waals surface area (Å²) in [5.74, 6) is 0. The lowest BCUT2D eigenvalue weighted by atomic mass is 10.1. The molecule has 0 amide bonds. The molecule has 2 aromatic carbocycles. The van der Waals surface area contributed by atoms with Gasteiger partial charge < -0.3 is 0 Å². The van der Waals surface area contributed by atoms with Crippen molar-refractivity contribution in [3.63, 3.8) is 0 Å². The van der Waals surface area contributed by atoms with Crippen LogP contribution < -0.4 is 0 Å². The fourth-order valence-corrected chi connectivity index (χ4v) is 3.60. The Morgan fingerprint density at radius 3 is 2.52 bits per heavy atom. The van der Waals surface area contributed by atoms with Crippen LogP contribution in [-0.4, -0.2) is 20.9 Å². The highest BCUT2D eigenvalue weighted by Crippen LogP contribution is 2.31. The number of halogens is 1. The summed E-state index contributed by atoms with van der Waals surface area (Å²) in [5, 5.41) is 0.191. The Morgan fingerprint density at radius 2 is 1.86 bits per heavy atom. The van der Waals surface area contributed by atoms with Crippen molar-refractivity contribution in [1.82, 2.24) is 0 Å². The number of hydrogen-bond donors (Lipinski definition) is 0. The van der Waals surface area contributed by atoms with Gasteiger partial charge in [0.25, 0.3) is 0 Å². The van der Waals surface area contributed by atoms with E-state index in [2.05, 4.69) is 11.9 Å². The summed E-state index contributed by atoms with van der Waals surface area (Å²) in [4.78, 5) is 4.39. The summed E-state index contributed by atoms with van der Waals surface area (Å²) in [6.45, 7) is 2.06. The van der Waals surface area contributed by atoms with E-state index in [9.17, 15) is 8.42 Å². The van der Waals surface area contributed by atoms with Gasteiger partial charge in [-0.15, -0.1) is 0 Å². The van der Waals surface area contributed by atoms with Gasteiger partial charge in [-0.2, -0.15) is 0 Å². The Labute approximate surface area is 130 Å². The van der Waals surface area contributed by atoms with Gasteiger partial charge in [-0.25, -0.2) is 8.42 Å². The van der Waals surface area contributed by atoms with E-state index in [1.807, 2.05) is 24.3 Å². The molecule has 0 aliphatic rings. The normalized spacial score (nSPS) is 12.0. The van der Waals surface area contributed by atoms with Gasteiger partial charge in [-0.05, 0) is 29.7 Å². The molecule has 110 valence electrons. The second-order valence-electron chi connectivity index (χ2n) is 4.67. The molecule has 0 radical (unpaired) electrons. The summed E-state index contributed by atoms with van der Waals surface area (Å²) < 4.78 is 23.7. The predicted molar refractivity (Wildman–Crippen MR) is 87.6 cm³/mol. The van der Waals surface area contributed by atoms with Crippen LogP contribution in [0.4, 0.5) is 5.69 Å². The average Bonchev–Trinajstić information content (AvgIpc) is 2.44. The first kappa shape index (κ1) is 15.7. The molecule has 0 aliphatic heterocycles. The van der Waals surface area contributed by atoms with Crippen LogP contribution in [0, 0.1) is 0 Å². The molecule has 0 fully saturated rings. The van der Waals surface area contributed by atoms with Crippen LogP contribution >= 0.6 is 11.6 Å². The maximum atomic E-state index is 11.9. The van der Waals surface area contributed by atoms with Gasteiger partial charge >= 0.3 is 0 Å². The Morgan fingerprint density at radius 1 is 1.14 bits per heavy atom.